The summed E-state index contributed by atoms with van der Waals surface area (Å²) in [6.45, 7) is 0. The molecule has 0 saturated carbocycles. The molecule has 0 aliphatic heterocycles. The van der Waals surface area contributed by atoms with Gasteiger partial charge in [-0.2, -0.15) is 5.26 Å². The van der Waals surface area contributed by atoms with Crippen molar-refractivity contribution < 1.29 is 19.4 Å². The Morgan fingerprint density at radius 1 is 1.35 bits per heavy atom. The second-order valence-electron chi connectivity index (χ2n) is 3.60. The van der Waals surface area contributed by atoms with E-state index in [1.807, 2.05) is 6.07 Å². The molecule has 100 valence electrons. The number of rotatable bonds is 4. The zero-order valence-electron chi connectivity index (χ0n) is 10.4. The van der Waals surface area contributed by atoms with Crippen molar-refractivity contribution >= 4 is 5.97 Å². The van der Waals surface area contributed by atoms with E-state index in [9.17, 15) is 4.79 Å². The molecule has 1 heterocycles. The molecule has 0 bridgehead atoms. The van der Waals surface area contributed by atoms with Crippen molar-refractivity contribution in [3.63, 3.8) is 0 Å². The van der Waals surface area contributed by atoms with Crippen LogP contribution in [0.25, 0.3) is 0 Å². The Morgan fingerprint density at radius 2 is 2.15 bits per heavy atom. The Kier molecular flexibility index (Phi) is 3.77. The Balaban J connectivity index is 2.41. The first-order chi connectivity index (χ1) is 9.65. The van der Waals surface area contributed by atoms with Gasteiger partial charge in [0.15, 0.2) is 17.2 Å². The van der Waals surface area contributed by atoms with E-state index in [1.54, 1.807) is 12.1 Å². The average molecular weight is 271 g/mol. The van der Waals surface area contributed by atoms with Gasteiger partial charge in [-0.3, -0.25) is 0 Å². The van der Waals surface area contributed by atoms with Crippen LogP contribution in [0.5, 0.6) is 17.4 Å². The lowest BCUT2D eigenvalue weighted by Gasteiger charge is -2.11. The Hall–Kier alpha value is -3.14. The highest BCUT2D eigenvalue weighted by Crippen LogP contribution is 2.34. The van der Waals surface area contributed by atoms with Crippen molar-refractivity contribution in [2.75, 3.05) is 7.11 Å². The topological polar surface area (TPSA) is 105 Å². The molecule has 0 aliphatic rings. The molecule has 7 nitrogen and oxygen atoms in total. The first kappa shape index (κ1) is 13.3. The first-order valence-corrected chi connectivity index (χ1v) is 5.46. The fraction of sp³-hybridized carbons (Fsp3) is 0.0769. The summed E-state index contributed by atoms with van der Waals surface area (Å²) in [5.41, 5.74) is 0.0753. The summed E-state index contributed by atoms with van der Waals surface area (Å²) in [7, 11) is 1.40. The maximum absolute atomic E-state index is 11.2. The fourth-order valence-electron chi connectivity index (χ4n) is 1.48. The van der Waals surface area contributed by atoms with Crippen LogP contribution in [0, 0.1) is 11.3 Å². The van der Waals surface area contributed by atoms with Gasteiger partial charge in [0.25, 0.3) is 0 Å². The summed E-state index contributed by atoms with van der Waals surface area (Å²) in [5.74, 6) is -0.797. The van der Waals surface area contributed by atoms with Crippen LogP contribution < -0.4 is 9.47 Å². The van der Waals surface area contributed by atoms with Crippen molar-refractivity contribution in [1.82, 2.24) is 9.97 Å². The normalized spacial score (nSPS) is 9.60. The minimum atomic E-state index is -1.15. The number of hydrogen-bond donors (Lipinski definition) is 1. The van der Waals surface area contributed by atoms with E-state index in [2.05, 4.69) is 9.97 Å². The molecular weight excluding hydrogens is 262 g/mol. The van der Waals surface area contributed by atoms with Gasteiger partial charge in [-0.1, -0.05) is 6.07 Å². The number of carbonyl (C=O) groups is 1. The fourth-order valence-corrected chi connectivity index (χ4v) is 1.48. The summed E-state index contributed by atoms with van der Waals surface area (Å²) in [4.78, 5) is 18.8. The van der Waals surface area contributed by atoms with Crippen molar-refractivity contribution in [3.8, 4) is 23.4 Å². The number of carboxylic acid groups (broad SMARTS) is 1. The van der Waals surface area contributed by atoms with E-state index in [0.29, 0.717) is 0 Å². The van der Waals surface area contributed by atoms with Crippen LogP contribution >= 0.6 is 0 Å². The van der Waals surface area contributed by atoms with Gasteiger partial charge >= 0.3 is 5.97 Å². The molecular formula is C13H9N3O4. The van der Waals surface area contributed by atoms with E-state index in [0.717, 1.165) is 0 Å². The van der Waals surface area contributed by atoms with Crippen molar-refractivity contribution in [2.24, 2.45) is 0 Å². The molecule has 0 aliphatic carbocycles. The summed E-state index contributed by atoms with van der Waals surface area (Å²) in [6.07, 6.45) is 2.46. The molecule has 2 rings (SSSR count). The molecule has 0 spiro atoms. The lowest BCUT2D eigenvalue weighted by atomic mass is 10.2. The second kappa shape index (κ2) is 5.67. The number of nitriles is 1. The predicted octanol–water partition coefficient (Wildman–Crippen LogP) is 1.85. The zero-order chi connectivity index (χ0) is 14.5. The van der Waals surface area contributed by atoms with Gasteiger partial charge in [-0.15, -0.1) is 0 Å². The Bertz CT molecular complexity index is 677. The van der Waals surface area contributed by atoms with Crippen molar-refractivity contribution in [1.29, 1.82) is 5.26 Å². The quantitative estimate of drug-likeness (QED) is 0.904. The first-order valence-electron chi connectivity index (χ1n) is 5.46. The number of hydrogen-bond acceptors (Lipinski definition) is 6. The van der Waals surface area contributed by atoms with Crippen LogP contribution in [0.2, 0.25) is 0 Å². The van der Waals surface area contributed by atoms with Crippen LogP contribution in [-0.4, -0.2) is 28.2 Å². The number of benzene rings is 1. The van der Waals surface area contributed by atoms with Crippen molar-refractivity contribution in [3.05, 3.63) is 41.9 Å². The standard InChI is InChI=1S/C13H9N3O4/c1-19-10-4-2-3-9(13(17)18)12(10)20-11-7-15-8(5-14)6-16-11/h2-4,6-7H,1H3,(H,17,18). The van der Waals surface area contributed by atoms with Crippen LogP contribution in [0.1, 0.15) is 16.1 Å². The molecule has 0 radical (unpaired) electrons. The summed E-state index contributed by atoms with van der Waals surface area (Å²) in [6, 6.07) is 6.32. The van der Waals surface area contributed by atoms with Gasteiger partial charge in [0.2, 0.25) is 5.88 Å². The molecule has 2 aromatic rings. The zero-order valence-corrected chi connectivity index (χ0v) is 10.4. The maximum atomic E-state index is 11.2. The monoisotopic (exact) mass is 271 g/mol. The van der Waals surface area contributed by atoms with E-state index in [1.165, 1.54) is 25.6 Å². The van der Waals surface area contributed by atoms with Crippen LogP contribution in [-0.2, 0) is 0 Å². The third kappa shape index (κ3) is 2.64. The molecule has 20 heavy (non-hydrogen) atoms. The van der Waals surface area contributed by atoms with E-state index < -0.39 is 5.97 Å². The average Bonchev–Trinajstić information content (AvgIpc) is 2.48. The van der Waals surface area contributed by atoms with Crippen LogP contribution in [0.4, 0.5) is 0 Å². The van der Waals surface area contributed by atoms with Crippen LogP contribution in [0.3, 0.4) is 0 Å². The molecule has 0 amide bonds. The molecule has 0 atom stereocenters. The number of carboxylic acids is 1. The largest absolute Gasteiger partial charge is 0.493 e. The summed E-state index contributed by atoms with van der Waals surface area (Å²) < 4.78 is 10.5. The highest BCUT2D eigenvalue weighted by atomic mass is 16.5. The van der Waals surface area contributed by atoms with E-state index in [-0.39, 0.29) is 28.6 Å². The number of methoxy groups -OCH3 is 1. The highest BCUT2D eigenvalue weighted by molar-refractivity contribution is 5.92. The van der Waals surface area contributed by atoms with E-state index >= 15 is 0 Å². The molecule has 0 saturated heterocycles. The number of ether oxygens (including phenoxy) is 2. The van der Waals surface area contributed by atoms with E-state index in [4.69, 9.17) is 19.8 Å². The Morgan fingerprint density at radius 3 is 2.70 bits per heavy atom. The minimum absolute atomic E-state index is 0.0292. The molecule has 0 unspecified atom stereocenters. The molecule has 1 aromatic carbocycles. The third-order valence-corrected chi connectivity index (χ3v) is 2.38. The molecule has 1 aromatic heterocycles. The Labute approximate surface area is 114 Å². The summed E-state index contributed by atoms with van der Waals surface area (Å²) in [5, 5.41) is 17.8. The highest BCUT2D eigenvalue weighted by Gasteiger charge is 2.17. The van der Waals surface area contributed by atoms with Gasteiger partial charge in [0.1, 0.15) is 11.6 Å². The van der Waals surface area contributed by atoms with Gasteiger partial charge in [-0.25, -0.2) is 14.8 Å². The van der Waals surface area contributed by atoms with Crippen LogP contribution in [0.15, 0.2) is 30.6 Å². The number of nitrogens with zero attached hydrogens (tertiary/aromatic N) is 3. The molecule has 0 fully saturated rings. The predicted molar refractivity (Wildman–Crippen MR) is 66.8 cm³/mol. The van der Waals surface area contributed by atoms with Gasteiger partial charge < -0.3 is 14.6 Å². The van der Waals surface area contributed by atoms with Crippen molar-refractivity contribution in [2.45, 2.75) is 0 Å². The van der Waals surface area contributed by atoms with Gasteiger partial charge in [-0.05, 0) is 12.1 Å². The molecule has 1 N–H and O–H groups in total. The molecule has 7 heteroatoms. The minimum Gasteiger partial charge on any atom is -0.493 e. The summed E-state index contributed by atoms with van der Waals surface area (Å²) >= 11 is 0. The number of para-hydroxylation sites is 1. The van der Waals surface area contributed by atoms with Gasteiger partial charge in [0.05, 0.1) is 19.5 Å². The third-order valence-electron chi connectivity index (χ3n) is 2.38. The lowest BCUT2D eigenvalue weighted by Crippen LogP contribution is -2.02. The number of aromatic carboxylic acids is 1. The van der Waals surface area contributed by atoms with Gasteiger partial charge in [0, 0.05) is 0 Å². The number of aromatic nitrogens is 2. The lowest BCUT2D eigenvalue weighted by molar-refractivity contribution is 0.0693. The smallest absolute Gasteiger partial charge is 0.339 e. The second-order valence-corrected chi connectivity index (χ2v) is 3.60. The maximum Gasteiger partial charge on any atom is 0.339 e. The SMILES string of the molecule is COc1cccc(C(=O)O)c1Oc1cnc(C#N)cn1.